The third kappa shape index (κ3) is 9.42. The molecule has 19 heavy (non-hydrogen) atoms. The Bertz CT molecular complexity index is 193. The van der Waals surface area contributed by atoms with Gasteiger partial charge in [0.15, 0.2) is 0 Å². The summed E-state index contributed by atoms with van der Waals surface area (Å²) in [6.07, 6.45) is 11.4. The van der Waals surface area contributed by atoms with Gasteiger partial charge in [0.2, 0.25) is 0 Å². The van der Waals surface area contributed by atoms with Crippen molar-refractivity contribution in [3.05, 3.63) is 0 Å². The van der Waals surface area contributed by atoms with Gasteiger partial charge in [-0.1, -0.05) is 45.4 Å². The van der Waals surface area contributed by atoms with E-state index in [2.05, 4.69) is 11.8 Å². The lowest BCUT2D eigenvalue weighted by Gasteiger charge is -2.28. The topological polar surface area (TPSA) is 32.7 Å². The van der Waals surface area contributed by atoms with Crippen LogP contribution < -0.4 is 0 Å². The van der Waals surface area contributed by atoms with Crippen molar-refractivity contribution in [2.75, 3.05) is 32.8 Å². The van der Waals surface area contributed by atoms with Crippen molar-refractivity contribution in [1.82, 2.24) is 4.90 Å². The Morgan fingerprint density at radius 2 is 1.68 bits per heavy atom. The van der Waals surface area contributed by atoms with Crippen LogP contribution in [0, 0.1) is 0 Å². The van der Waals surface area contributed by atoms with Crippen molar-refractivity contribution in [1.29, 1.82) is 0 Å². The van der Waals surface area contributed by atoms with E-state index in [4.69, 9.17) is 4.74 Å². The van der Waals surface area contributed by atoms with Crippen molar-refractivity contribution >= 4 is 0 Å². The molecule has 1 saturated heterocycles. The first-order valence-corrected chi connectivity index (χ1v) is 8.31. The zero-order valence-corrected chi connectivity index (χ0v) is 12.8. The van der Waals surface area contributed by atoms with Gasteiger partial charge in [-0.2, -0.15) is 0 Å². The number of aliphatic hydroxyl groups is 1. The van der Waals surface area contributed by atoms with Crippen LogP contribution >= 0.6 is 0 Å². The van der Waals surface area contributed by atoms with E-state index in [9.17, 15) is 5.11 Å². The average Bonchev–Trinajstić information content (AvgIpc) is 2.43. The highest BCUT2D eigenvalue weighted by Crippen LogP contribution is 2.09. The summed E-state index contributed by atoms with van der Waals surface area (Å²) in [7, 11) is 0. The monoisotopic (exact) mass is 271 g/mol. The van der Waals surface area contributed by atoms with Crippen molar-refractivity contribution in [2.24, 2.45) is 0 Å². The van der Waals surface area contributed by atoms with Crippen LogP contribution in [-0.2, 0) is 4.74 Å². The molecule has 0 bridgehead atoms. The normalized spacial score (nSPS) is 18.6. The summed E-state index contributed by atoms with van der Waals surface area (Å²) in [6, 6.07) is 0. The molecule has 3 heteroatoms. The van der Waals surface area contributed by atoms with Gasteiger partial charge >= 0.3 is 0 Å². The second-order valence-electron chi connectivity index (χ2n) is 5.86. The molecule has 1 aliphatic rings. The summed E-state index contributed by atoms with van der Waals surface area (Å²) in [4.78, 5) is 2.36. The fraction of sp³-hybridized carbons (Fsp3) is 1.00. The van der Waals surface area contributed by atoms with Gasteiger partial charge in [-0.15, -0.1) is 0 Å². The molecule has 0 aliphatic carbocycles. The Morgan fingerprint density at radius 3 is 2.42 bits per heavy atom. The first-order chi connectivity index (χ1) is 9.33. The first kappa shape index (κ1) is 16.9. The molecule has 1 rings (SSSR count). The van der Waals surface area contributed by atoms with Gasteiger partial charge in [-0.05, 0) is 32.4 Å². The highest BCUT2D eigenvalue weighted by molar-refractivity contribution is 4.68. The van der Waals surface area contributed by atoms with E-state index < -0.39 is 0 Å². The third-order valence-corrected chi connectivity index (χ3v) is 3.87. The van der Waals surface area contributed by atoms with Crippen molar-refractivity contribution in [2.45, 2.75) is 70.8 Å². The minimum atomic E-state index is -0.307. The Balaban J connectivity index is 1.85. The molecule has 0 radical (unpaired) electrons. The maximum absolute atomic E-state index is 9.91. The Kier molecular flexibility index (Phi) is 10.4. The Morgan fingerprint density at radius 1 is 1.00 bits per heavy atom. The molecule has 1 atom stereocenters. The Hall–Kier alpha value is -0.120. The molecule has 0 aromatic rings. The van der Waals surface area contributed by atoms with Crippen molar-refractivity contribution in [3.63, 3.8) is 0 Å². The minimum Gasteiger partial charge on any atom is -0.389 e. The van der Waals surface area contributed by atoms with E-state index in [-0.39, 0.29) is 6.10 Å². The second kappa shape index (κ2) is 11.7. The maximum Gasteiger partial charge on any atom is 0.0900 e. The highest BCUT2D eigenvalue weighted by atomic mass is 16.5. The van der Waals surface area contributed by atoms with Crippen LogP contribution in [0.15, 0.2) is 0 Å². The fourth-order valence-corrected chi connectivity index (χ4v) is 2.70. The number of β-amino-alcohol motifs (C(OH)–C–C–N with tert-alkyl or cyclic N) is 1. The predicted octanol–water partition coefficient (Wildman–Crippen LogP) is 3.21. The largest absolute Gasteiger partial charge is 0.389 e. The highest BCUT2D eigenvalue weighted by Gasteiger charge is 2.14. The summed E-state index contributed by atoms with van der Waals surface area (Å²) in [5.41, 5.74) is 0. The number of rotatable bonds is 11. The van der Waals surface area contributed by atoms with Crippen LogP contribution in [0.1, 0.15) is 64.7 Å². The maximum atomic E-state index is 9.91. The fourth-order valence-electron chi connectivity index (χ4n) is 2.70. The van der Waals surface area contributed by atoms with E-state index in [1.165, 1.54) is 51.4 Å². The quantitative estimate of drug-likeness (QED) is 0.586. The molecular formula is C16H33NO2. The average molecular weight is 271 g/mol. The van der Waals surface area contributed by atoms with Gasteiger partial charge in [0, 0.05) is 13.2 Å². The summed E-state index contributed by atoms with van der Waals surface area (Å²) < 4.78 is 5.57. The number of likely N-dealkylation sites (tertiary alicyclic amines) is 1. The number of aliphatic hydroxyl groups excluding tert-OH is 1. The van der Waals surface area contributed by atoms with E-state index in [1.54, 1.807) is 0 Å². The molecule has 0 aromatic heterocycles. The number of hydrogen-bond acceptors (Lipinski definition) is 3. The van der Waals surface area contributed by atoms with E-state index in [0.717, 1.165) is 32.7 Å². The van der Waals surface area contributed by atoms with E-state index in [1.807, 2.05) is 0 Å². The number of nitrogens with zero attached hydrogens (tertiary/aromatic N) is 1. The summed E-state index contributed by atoms with van der Waals surface area (Å²) in [5.74, 6) is 0. The lowest BCUT2D eigenvalue weighted by Crippen LogP contribution is -2.38. The van der Waals surface area contributed by atoms with Gasteiger partial charge < -0.3 is 14.7 Å². The number of piperidine rings is 1. The van der Waals surface area contributed by atoms with Gasteiger partial charge in [-0.3, -0.25) is 0 Å². The summed E-state index contributed by atoms with van der Waals surface area (Å²) in [5, 5.41) is 9.91. The molecule has 0 amide bonds. The van der Waals surface area contributed by atoms with Crippen LogP contribution in [-0.4, -0.2) is 49.0 Å². The van der Waals surface area contributed by atoms with E-state index >= 15 is 0 Å². The third-order valence-electron chi connectivity index (χ3n) is 3.87. The molecule has 114 valence electrons. The van der Waals surface area contributed by atoms with Crippen LogP contribution in [0.3, 0.4) is 0 Å². The molecule has 3 nitrogen and oxygen atoms in total. The Labute approximate surface area is 119 Å². The molecule has 0 spiro atoms. The van der Waals surface area contributed by atoms with Gasteiger partial charge in [-0.25, -0.2) is 0 Å². The lowest BCUT2D eigenvalue weighted by molar-refractivity contribution is 0.0125. The molecule has 0 saturated carbocycles. The first-order valence-electron chi connectivity index (χ1n) is 8.31. The van der Waals surface area contributed by atoms with E-state index in [0.29, 0.717) is 6.61 Å². The summed E-state index contributed by atoms with van der Waals surface area (Å²) in [6.45, 7) is 6.64. The van der Waals surface area contributed by atoms with Gasteiger partial charge in [0.1, 0.15) is 0 Å². The van der Waals surface area contributed by atoms with Crippen LogP contribution in [0.5, 0.6) is 0 Å². The molecule has 1 aliphatic heterocycles. The lowest BCUT2D eigenvalue weighted by atomic mass is 10.1. The molecule has 1 N–H and O–H groups in total. The molecular weight excluding hydrogens is 238 g/mol. The molecule has 1 fully saturated rings. The molecule has 0 aromatic carbocycles. The van der Waals surface area contributed by atoms with Gasteiger partial charge in [0.25, 0.3) is 0 Å². The zero-order chi connectivity index (χ0) is 13.8. The standard InChI is InChI=1S/C16H33NO2/c1-2-3-4-5-6-10-13-19-15-16(18)14-17-11-8-7-9-12-17/h16,18H,2-15H2,1H3. The number of ether oxygens (including phenoxy) is 1. The van der Waals surface area contributed by atoms with Crippen LogP contribution in [0.2, 0.25) is 0 Å². The smallest absolute Gasteiger partial charge is 0.0900 e. The predicted molar refractivity (Wildman–Crippen MR) is 80.5 cm³/mol. The van der Waals surface area contributed by atoms with Crippen molar-refractivity contribution < 1.29 is 9.84 Å². The van der Waals surface area contributed by atoms with Crippen LogP contribution in [0.25, 0.3) is 0 Å². The zero-order valence-electron chi connectivity index (χ0n) is 12.8. The van der Waals surface area contributed by atoms with Gasteiger partial charge in [0.05, 0.1) is 12.7 Å². The summed E-state index contributed by atoms with van der Waals surface area (Å²) >= 11 is 0. The number of hydrogen-bond donors (Lipinski definition) is 1. The van der Waals surface area contributed by atoms with Crippen LogP contribution in [0.4, 0.5) is 0 Å². The SMILES string of the molecule is CCCCCCCCOCC(O)CN1CCCCC1. The minimum absolute atomic E-state index is 0.307. The molecule has 1 unspecified atom stereocenters. The number of unbranched alkanes of at least 4 members (excludes halogenated alkanes) is 5. The second-order valence-corrected chi connectivity index (χ2v) is 5.86. The van der Waals surface area contributed by atoms with Crippen molar-refractivity contribution in [3.8, 4) is 0 Å². The molecule has 1 heterocycles.